The van der Waals surface area contributed by atoms with Gasteiger partial charge in [-0.2, -0.15) is 0 Å². The summed E-state index contributed by atoms with van der Waals surface area (Å²) < 4.78 is 13.8. The lowest BCUT2D eigenvalue weighted by atomic mass is 10.1. The predicted molar refractivity (Wildman–Crippen MR) is 73.4 cm³/mol. The largest absolute Gasteiger partial charge is 0.356 e. The van der Waals surface area contributed by atoms with E-state index in [0.717, 1.165) is 12.1 Å². The fourth-order valence-electron chi connectivity index (χ4n) is 1.69. The highest BCUT2D eigenvalue weighted by molar-refractivity contribution is 5.95. The molecule has 0 saturated carbocycles. The lowest BCUT2D eigenvalue weighted by Gasteiger charge is -2.07. The summed E-state index contributed by atoms with van der Waals surface area (Å²) in [5.41, 5.74) is -0.751. The average molecular weight is 297 g/mol. The highest BCUT2D eigenvalue weighted by Gasteiger charge is 2.19. The Balaban J connectivity index is 2.78. The van der Waals surface area contributed by atoms with E-state index >= 15 is 0 Å². The maximum Gasteiger partial charge on any atom is 0.270 e. The topological polar surface area (TPSA) is 101 Å². The minimum atomic E-state index is -0.809. The molecule has 0 bridgehead atoms. The number of carbonyl (C=O) groups excluding carboxylic acids is 2. The van der Waals surface area contributed by atoms with Gasteiger partial charge in [-0.3, -0.25) is 19.7 Å². The van der Waals surface area contributed by atoms with Crippen LogP contribution in [0.1, 0.15) is 29.3 Å². The minimum absolute atomic E-state index is 0.0121. The second kappa shape index (κ2) is 7.32. The van der Waals surface area contributed by atoms with Gasteiger partial charge in [0.05, 0.1) is 10.5 Å². The van der Waals surface area contributed by atoms with E-state index in [9.17, 15) is 24.1 Å². The predicted octanol–water partition coefficient (Wildman–Crippen LogP) is 1.30. The Labute approximate surface area is 120 Å². The Bertz CT molecular complexity index is 575. The van der Waals surface area contributed by atoms with E-state index in [1.165, 1.54) is 6.92 Å². The molecule has 0 radical (unpaired) electrons. The van der Waals surface area contributed by atoms with Crippen molar-refractivity contribution in [2.75, 3.05) is 13.1 Å². The Kier molecular flexibility index (Phi) is 5.77. The molecule has 0 aromatic heterocycles. The summed E-state index contributed by atoms with van der Waals surface area (Å²) in [6.07, 6.45) is 0.0507. The molecule has 21 heavy (non-hydrogen) atoms. The monoisotopic (exact) mass is 297 g/mol. The normalized spacial score (nSPS) is 10.0. The number of amides is 2. The molecule has 0 aliphatic heterocycles. The van der Waals surface area contributed by atoms with E-state index in [-0.39, 0.29) is 30.1 Å². The van der Waals surface area contributed by atoms with Gasteiger partial charge in [0.15, 0.2) is 0 Å². The molecular weight excluding hydrogens is 281 g/mol. The summed E-state index contributed by atoms with van der Waals surface area (Å²) in [5.74, 6) is -1.84. The Morgan fingerprint density at radius 2 is 2.00 bits per heavy atom. The number of aryl methyl sites for hydroxylation is 1. The van der Waals surface area contributed by atoms with E-state index in [1.807, 2.05) is 0 Å². The van der Waals surface area contributed by atoms with Crippen molar-refractivity contribution >= 4 is 17.5 Å². The van der Waals surface area contributed by atoms with E-state index in [4.69, 9.17) is 0 Å². The number of benzene rings is 1. The van der Waals surface area contributed by atoms with Gasteiger partial charge in [0.2, 0.25) is 5.91 Å². The molecule has 0 atom stereocenters. The van der Waals surface area contributed by atoms with E-state index < -0.39 is 22.2 Å². The molecule has 0 fully saturated rings. The van der Waals surface area contributed by atoms with Crippen LogP contribution in [0.4, 0.5) is 10.1 Å². The molecule has 0 aliphatic rings. The molecule has 114 valence electrons. The fraction of sp³-hybridized carbons (Fsp3) is 0.385. The zero-order valence-corrected chi connectivity index (χ0v) is 11.7. The lowest BCUT2D eigenvalue weighted by Crippen LogP contribution is -2.31. The molecular formula is C13H16FN3O4. The molecule has 0 heterocycles. The number of carbonyl (C=O) groups is 2. The third kappa shape index (κ3) is 4.51. The van der Waals surface area contributed by atoms with Crippen LogP contribution in [0.3, 0.4) is 0 Å². The summed E-state index contributed by atoms with van der Waals surface area (Å²) in [5, 5.41) is 15.6. The maximum atomic E-state index is 13.8. The first-order valence-corrected chi connectivity index (χ1v) is 6.36. The van der Waals surface area contributed by atoms with Crippen molar-refractivity contribution in [2.24, 2.45) is 0 Å². The molecule has 0 unspecified atom stereocenters. The summed E-state index contributed by atoms with van der Waals surface area (Å²) in [7, 11) is 0. The number of non-ortho nitro benzene ring substituents is 1. The number of nitro groups is 1. The average Bonchev–Trinajstić information content (AvgIpc) is 2.41. The van der Waals surface area contributed by atoms with Crippen LogP contribution in [0, 0.1) is 22.9 Å². The van der Waals surface area contributed by atoms with Crippen LogP contribution in [0.15, 0.2) is 12.1 Å². The van der Waals surface area contributed by atoms with Crippen LogP contribution in [0.25, 0.3) is 0 Å². The van der Waals surface area contributed by atoms with Crippen molar-refractivity contribution in [1.82, 2.24) is 10.6 Å². The zero-order chi connectivity index (χ0) is 16.0. The molecule has 0 aliphatic carbocycles. The Morgan fingerprint density at radius 1 is 1.33 bits per heavy atom. The number of nitro benzene ring substituents is 1. The summed E-state index contributed by atoms with van der Waals surface area (Å²) in [6, 6.07) is 1.94. The molecule has 0 spiro atoms. The molecule has 8 heteroatoms. The molecule has 1 aromatic rings. The summed E-state index contributed by atoms with van der Waals surface area (Å²) >= 11 is 0. The van der Waals surface area contributed by atoms with Gasteiger partial charge >= 0.3 is 0 Å². The van der Waals surface area contributed by atoms with Gasteiger partial charge in [-0.25, -0.2) is 4.39 Å². The number of rotatable bonds is 6. The van der Waals surface area contributed by atoms with Gasteiger partial charge in [0, 0.05) is 31.6 Å². The van der Waals surface area contributed by atoms with Crippen molar-refractivity contribution < 1.29 is 18.9 Å². The first-order chi connectivity index (χ1) is 9.86. The third-order valence-corrected chi connectivity index (χ3v) is 2.71. The molecule has 1 aromatic carbocycles. The van der Waals surface area contributed by atoms with Crippen molar-refractivity contribution in [3.8, 4) is 0 Å². The molecule has 1 rings (SSSR count). The molecule has 0 saturated heterocycles. The van der Waals surface area contributed by atoms with E-state index in [1.54, 1.807) is 6.92 Å². The highest BCUT2D eigenvalue weighted by atomic mass is 19.1. The Morgan fingerprint density at radius 3 is 2.57 bits per heavy atom. The van der Waals surface area contributed by atoms with Gasteiger partial charge in [0.25, 0.3) is 11.6 Å². The number of nitrogens with zero attached hydrogens (tertiary/aromatic N) is 1. The quantitative estimate of drug-likeness (QED) is 0.610. The SMILES string of the molecule is CCNC(=O)CCNC(=O)c1cc([N+](=O)[O-])cc(C)c1F. The maximum absolute atomic E-state index is 13.8. The van der Waals surface area contributed by atoms with Gasteiger partial charge in [0.1, 0.15) is 5.82 Å². The smallest absolute Gasteiger partial charge is 0.270 e. The lowest BCUT2D eigenvalue weighted by molar-refractivity contribution is -0.385. The van der Waals surface area contributed by atoms with Crippen molar-refractivity contribution in [2.45, 2.75) is 20.3 Å². The number of hydrogen-bond donors (Lipinski definition) is 2. The second-order valence-corrected chi connectivity index (χ2v) is 4.34. The second-order valence-electron chi connectivity index (χ2n) is 4.34. The Hall–Kier alpha value is -2.51. The zero-order valence-electron chi connectivity index (χ0n) is 11.7. The number of nitrogens with one attached hydrogen (secondary N) is 2. The fourth-order valence-corrected chi connectivity index (χ4v) is 1.69. The van der Waals surface area contributed by atoms with Crippen molar-refractivity contribution in [3.63, 3.8) is 0 Å². The molecule has 7 nitrogen and oxygen atoms in total. The van der Waals surface area contributed by atoms with E-state index in [0.29, 0.717) is 6.54 Å². The first kappa shape index (κ1) is 16.5. The summed E-state index contributed by atoms with van der Waals surface area (Å²) in [4.78, 5) is 33.0. The number of hydrogen-bond acceptors (Lipinski definition) is 4. The third-order valence-electron chi connectivity index (χ3n) is 2.71. The minimum Gasteiger partial charge on any atom is -0.356 e. The standard InChI is InChI=1S/C13H16FN3O4/c1-3-15-11(18)4-5-16-13(19)10-7-9(17(20)21)6-8(2)12(10)14/h6-7H,3-5H2,1-2H3,(H,15,18)(H,16,19). The number of halogens is 1. The van der Waals surface area contributed by atoms with Crippen molar-refractivity contribution in [3.05, 3.63) is 39.2 Å². The molecule has 2 amide bonds. The first-order valence-electron chi connectivity index (χ1n) is 6.36. The van der Waals surface area contributed by atoms with Gasteiger partial charge in [-0.1, -0.05) is 0 Å². The van der Waals surface area contributed by atoms with Gasteiger partial charge in [-0.15, -0.1) is 0 Å². The highest BCUT2D eigenvalue weighted by Crippen LogP contribution is 2.20. The van der Waals surface area contributed by atoms with Crippen LogP contribution in [0.2, 0.25) is 0 Å². The van der Waals surface area contributed by atoms with Crippen LogP contribution < -0.4 is 10.6 Å². The molecule has 2 N–H and O–H groups in total. The summed E-state index contributed by atoms with van der Waals surface area (Å²) in [6.45, 7) is 3.60. The van der Waals surface area contributed by atoms with Crippen LogP contribution in [-0.4, -0.2) is 29.8 Å². The van der Waals surface area contributed by atoms with Gasteiger partial charge in [-0.05, 0) is 19.4 Å². The van der Waals surface area contributed by atoms with Gasteiger partial charge < -0.3 is 10.6 Å². The van der Waals surface area contributed by atoms with E-state index in [2.05, 4.69) is 10.6 Å². The van der Waals surface area contributed by atoms with Crippen LogP contribution in [0.5, 0.6) is 0 Å². The van der Waals surface area contributed by atoms with Crippen molar-refractivity contribution in [1.29, 1.82) is 0 Å². The van der Waals surface area contributed by atoms with Crippen LogP contribution in [-0.2, 0) is 4.79 Å². The van der Waals surface area contributed by atoms with Crippen LogP contribution >= 0.6 is 0 Å².